The van der Waals surface area contributed by atoms with Crippen LogP contribution >= 0.6 is 11.6 Å². The van der Waals surface area contributed by atoms with E-state index >= 15 is 0 Å². The highest BCUT2D eigenvalue weighted by Crippen LogP contribution is 2.32. The zero-order chi connectivity index (χ0) is 26.0. The molecule has 1 aliphatic heterocycles. The number of nitrogens with one attached hydrogen (secondary N) is 2. The summed E-state index contributed by atoms with van der Waals surface area (Å²) in [5, 5.41) is 5.48. The molecule has 4 rings (SSSR count). The summed E-state index contributed by atoms with van der Waals surface area (Å²) in [6.45, 7) is 3.77. The lowest BCUT2D eigenvalue weighted by atomic mass is 10.1. The molecule has 0 aromatic heterocycles. The minimum atomic E-state index is -0.616. The van der Waals surface area contributed by atoms with Gasteiger partial charge in [-0.2, -0.15) is 0 Å². The Morgan fingerprint density at radius 1 is 0.889 bits per heavy atom. The lowest BCUT2D eigenvalue weighted by Gasteiger charge is -2.16. The molecule has 9 heteroatoms. The first-order valence-electron chi connectivity index (χ1n) is 11.0. The SMILES string of the molecule is COc1ccc(NC(=O)c2cccc(NC3=C(Cl)C(=O)N(c4cc(C)cc(C)c4)C3=O)c2)c(OC)c1. The zero-order valence-electron chi connectivity index (χ0n) is 20.1. The smallest absolute Gasteiger partial charge is 0.283 e. The first-order chi connectivity index (χ1) is 17.2. The number of benzene rings is 3. The van der Waals surface area contributed by atoms with Gasteiger partial charge in [0.2, 0.25) is 0 Å². The number of halogens is 1. The summed E-state index contributed by atoms with van der Waals surface area (Å²) in [7, 11) is 3.03. The van der Waals surface area contributed by atoms with Gasteiger partial charge < -0.3 is 20.1 Å². The maximum absolute atomic E-state index is 13.1. The highest BCUT2D eigenvalue weighted by molar-refractivity contribution is 6.53. The molecule has 0 bridgehead atoms. The van der Waals surface area contributed by atoms with Gasteiger partial charge in [0.15, 0.2) is 0 Å². The topological polar surface area (TPSA) is 97.0 Å². The van der Waals surface area contributed by atoms with E-state index in [2.05, 4.69) is 10.6 Å². The van der Waals surface area contributed by atoms with Crippen LogP contribution in [0.1, 0.15) is 21.5 Å². The molecular weight excluding hydrogens is 482 g/mol. The number of aryl methyl sites for hydroxylation is 2. The molecule has 0 radical (unpaired) electrons. The third-order valence-electron chi connectivity index (χ3n) is 5.54. The second-order valence-electron chi connectivity index (χ2n) is 8.21. The fourth-order valence-corrected chi connectivity index (χ4v) is 4.12. The molecule has 0 saturated carbocycles. The Hall–Kier alpha value is -4.30. The van der Waals surface area contributed by atoms with Gasteiger partial charge in [-0.1, -0.05) is 23.7 Å². The largest absolute Gasteiger partial charge is 0.497 e. The lowest BCUT2D eigenvalue weighted by Crippen LogP contribution is -2.32. The summed E-state index contributed by atoms with van der Waals surface area (Å²) in [5.74, 6) is -0.558. The monoisotopic (exact) mass is 505 g/mol. The molecule has 36 heavy (non-hydrogen) atoms. The predicted molar refractivity (Wildman–Crippen MR) is 139 cm³/mol. The normalized spacial score (nSPS) is 13.2. The number of carbonyl (C=O) groups excluding carboxylic acids is 3. The molecular formula is C27H24ClN3O5. The average Bonchev–Trinajstić information content (AvgIpc) is 3.06. The number of carbonyl (C=O) groups is 3. The molecule has 0 aliphatic carbocycles. The minimum Gasteiger partial charge on any atom is -0.497 e. The van der Waals surface area contributed by atoms with E-state index in [1.807, 2.05) is 19.9 Å². The zero-order valence-corrected chi connectivity index (χ0v) is 20.9. The van der Waals surface area contributed by atoms with Crippen molar-refractivity contribution in [3.8, 4) is 11.5 Å². The number of nitrogens with zero attached hydrogens (tertiary/aromatic N) is 1. The molecule has 1 aliphatic rings. The fourth-order valence-electron chi connectivity index (χ4n) is 3.90. The van der Waals surface area contributed by atoms with Crippen LogP contribution in [0.25, 0.3) is 0 Å². The summed E-state index contributed by atoms with van der Waals surface area (Å²) >= 11 is 6.27. The summed E-state index contributed by atoms with van der Waals surface area (Å²) in [4.78, 5) is 39.9. The molecule has 8 nitrogen and oxygen atoms in total. The van der Waals surface area contributed by atoms with Crippen LogP contribution in [0.15, 0.2) is 71.4 Å². The molecule has 3 aromatic carbocycles. The number of amides is 3. The Kier molecular flexibility index (Phi) is 6.98. The molecule has 184 valence electrons. The fraction of sp³-hybridized carbons (Fsp3) is 0.148. The van der Waals surface area contributed by atoms with Gasteiger partial charge in [0, 0.05) is 17.3 Å². The molecule has 0 unspecified atom stereocenters. The average molecular weight is 506 g/mol. The van der Waals surface area contributed by atoms with Crippen molar-refractivity contribution in [2.45, 2.75) is 13.8 Å². The Morgan fingerprint density at radius 3 is 2.28 bits per heavy atom. The van der Waals surface area contributed by atoms with Crippen molar-refractivity contribution < 1.29 is 23.9 Å². The van der Waals surface area contributed by atoms with Gasteiger partial charge >= 0.3 is 0 Å². The van der Waals surface area contributed by atoms with Crippen molar-refractivity contribution >= 4 is 46.4 Å². The van der Waals surface area contributed by atoms with Crippen LogP contribution in [0.4, 0.5) is 17.1 Å². The van der Waals surface area contributed by atoms with E-state index in [0.717, 1.165) is 16.0 Å². The highest BCUT2D eigenvalue weighted by atomic mass is 35.5. The van der Waals surface area contributed by atoms with E-state index in [9.17, 15) is 14.4 Å². The van der Waals surface area contributed by atoms with Gasteiger partial charge in [-0.25, -0.2) is 4.90 Å². The second kappa shape index (κ2) is 10.1. The van der Waals surface area contributed by atoms with Crippen molar-refractivity contribution in [2.24, 2.45) is 0 Å². The van der Waals surface area contributed by atoms with Gasteiger partial charge in [0.1, 0.15) is 22.2 Å². The maximum atomic E-state index is 13.1. The molecule has 3 aromatic rings. The quantitative estimate of drug-likeness (QED) is 0.438. The van der Waals surface area contributed by atoms with E-state index < -0.39 is 17.7 Å². The first kappa shape index (κ1) is 24.8. The van der Waals surface area contributed by atoms with Crippen LogP contribution in [-0.2, 0) is 9.59 Å². The summed E-state index contributed by atoms with van der Waals surface area (Å²) < 4.78 is 10.5. The number of ether oxygens (including phenoxy) is 2. The second-order valence-corrected chi connectivity index (χ2v) is 8.58. The van der Waals surface area contributed by atoms with E-state index in [1.54, 1.807) is 54.6 Å². The number of methoxy groups -OCH3 is 2. The minimum absolute atomic E-state index is 0.0600. The molecule has 0 spiro atoms. The van der Waals surface area contributed by atoms with E-state index in [4.69, 9.17) is 21.1 Å². The first-order valence-corrected chi connectivity index (χ1v) is 11.4. The van der Waals surface area contributed by atoms with Crippen LogP contribution in [0, 0.1) is 13.8 Å². The molecule has 0 saturated heterocycles. The summed E-state index contributed by atoms with van der Waals surface area (Å²) in [6.07, 6.45) is 0. The van der Waals surface area contributed by atoms with Gasteiger partial charge in [0.25, 0.3) is 17.7 Å². The highest BCUT2D eigenvalue weighted by Gasteiger charge is 2.39. The van der Waals surface area contributed by atoms with Crippen LogP contribution in [-0.4, -0.2) is 31.9 Å². The van der Waals surface area contributed by atoms with Crippen molar-refractivity contribution in [3.05, 3.63) is 88.1 Å². The van der Waals surface area contributed by atoms with Crippen molar-refractivity contribution in [1.82, 2.24) is 0 Å². The standard InChI is InChI=1S/C27H24ClN3O5/c1-15-10-16(2)12-19(11-15)31-26(33)23(28)24(27(31)34)29-18-7-5-6-17(13-18)25(32)30-21-9-8-20(35-3)14-22(21)36-4/h5-14,29H,1-4H3,(H,30,32). The summed E-state index contributed by atoms with van der Waals surface area (Å²) in [6, 6.07) is 17.0. The molecule has 0 atom stereocenters. The lowest BCUT2D eigenvalue weighted by molar-refractivity contribution is -0.120. The Labute approximate surface area is 213 Å². The molecule has 2 N–H and O–H groups in total. The Morgan fingerprint density at radius 2 is 1.61 bits per heavy atom. The number of rotatable bonds is 7. The molecule has 1 heterocycles. The van der Waals surface area contributed by atoms with Crippen molar-refractivity contribution in [3.63, 3.8) is 0 Å². The third kappa shape index (κ3) is 4.89. The number of anilines is 3. The maximum Gasteiger partial charge on any atom is 0.283 e. The van der Waals surface area contributed by atoms with Crippen LogP contribution < -0.4 is 25.0 Å². The van der Waals surface area contributed by atoms with E-state index in [0.29, 0.717) is 34.1 Å². The number of hydrogen-bond donors (Lipinski definition) is 2. The Bertz CT molecular complexity index is 1400. The number of imide groups is 1. The van der Waals surface area contributed by atoms with Gasteiger partial charge in [0.05, 0.1) is 25.6 Å². The van der Waals surface area contributed by atoms with Crippen LogP contribution in [0.3, 0.4) is 0 Å². The van der Waals surface area contributed by atoms with Gasteiger partial charge in [-0.3, -0.25) is 14.4 Å². The van der Waals surface area contributed by atoms with Crippen LogP contribution in [0.5, 0.6) is 11.5 Å². The molecule has 3 amide bonds. The van der Waals surface area contributed by atoms with Gasteiger partial charge in [-0.05, 0) is 67.4 Å². The van der Waals surface area contributed by atoms with E-state index in [1.165, 1.54) is 14.2 Å². The Balaban J connectivity index is 1.55. The van der Waals surface area contributed by atoms with Crippen molar-refractivity contribution in [2.75, 3.05) is 29.8 Å². The molecule has 0 fully saturated rings. The van der Waals surface area contributed by atoms with Crippen molar-refractivity contribution in [1.29, 1.82) is 0 Å². The predicted octanol–water partition coefficient (Wildman–Crippen LogP) is 5.01. The van der Waals surface area contributed by atoms with Crippen LogP contribution in [0.2, 0.25) is 0 Å². The van der Waals surface area contributed by atoms with Gasteiger partial charge in [-0.15, -0.1) is 0 Å². The summed E-state index contributed by atoms with van der Waals surface area (Å²) in [5.41, 5.74) is 3.41. The number of hydrogen-bond acceptors (Lipinski definition) is 6. The van der Waals surface area contributed by atoms with E-state index in [-0.39, 0.29) is 10.7 Å². The third-order valence-corrected chi connectivity index (χ3v) is 5.89.